The second kappa shape index (κ2) is 5.42. The summed E-state index contributed by atoms with van der Waals surface area (Å²) in [4.78, 5) is 34.4. The summed E-state index contributed by atoms with van der Waals surface area (Å²) in [6.07, 6.45) is 3.38. The van der Waals surface area contributed by atoms with E-state index in [1.54, 1.807) is 31.5 Å². The smallest absolute Gasteiger partial charge is 0.261 e. The third kappa shape index (κ3) is 2.12. The molecule has 7 nitrogen and oxygen atoms in total. The molecule has 0 bridgehead atoms. The van der Waals surface area contributed by atoms with Crippen molar-refractivity contribution in [2.24, 2.45) is 12.0 Å². The fourth-order valence-corrected chi connectivity index (χ4v) is 3.59. The van der Waals surface area contributed by atoms with Crippen LogP contribution in [-0.2, 0) is 11.8 Å². The normalized spacial score (nSPS) is 22.6. The van der Waals surface area contributed by atoms with Gasteiger partial charge in [0.25, 0.3) is 11.8 Å². The predicted molar refractivity (Wildman–Crippen MR) is 93.1 cm³/mol. The molecule has 2 amide bonds. The van der Waals surface area contributed by atoms with Gasteiger partial charge in [-0.25, -0.2) is 9.98 Å². The molecule has 0 fully saturated rings. The number of amides is 2. The Hall–Kier alpha value is -2.67. The summed E-state index contributed by atoms with van der Waals surface area (Å²) in [5.41, 5.74) is 2.14. The first-order chi connectivity index (χ1) is 11.9. The fourth-order valence-electron chi connectivity index (χ4n) is 3.30. The molecule has 128 valence electrons. The summed E-state index contributed by atoms with van der Waals surface area (Å²) in [5.74, 6) is 0.166. The van der Waals surface area contributed by atoms with Crippen molar-refractivity contribution < 1.29 is 14.3 Å². The number of aromatic nitrogens is 2. The molecule has 8 heteroatoms. The Morgan fingerprint density at radius 1 is 1.16 bits per heavy atom. The molecule has 3 heterocycles. The lowest BCUT2D eigenvalue weighted by atomic mass is 10.0. The number of hydrogen-bond acceptors (Lipinski definition) is 5. The zero-order chi connectivity index (χ0) is 17.9. The molecule has 2 aliphatic rings. The van der Waals surface area contributed by atoms with Gasteiger partial charge in [0.2, 0.25) is 0 Å². The van der Waals surface area contributed by atoms with E-state index in [4.69, 9.17) is 16.3 Å². The van der Waals surface area contributed by atoms with Gasteiger partial charge in [-0.2, -0.15) is 0 Å². The number of halogens is 1. The maximum atomic E-state index is 12.2. The third-order valence-electron chi connectivity index (χ3n) is 4.67. The number of imide groups is 1. The number of allylic oxidation sites excluding steroid dienone is 1. The van der Waals surface area contributed by atoms with Gasteiger partial charge in [-0.1, -0.05) is 0 Å². The van der Waals surface area contributed by atoms with E-state index < -0.39 is 0 Å². The predicted octanol–water partition coefficient (Wildman–Crippen LogP) is 2.06. The molecular weight excluding hydrogens is 344 g/mol. The maximum absolute atomic E-state index is 12.2. The number of ether oxygens (including phenoxy) is 1. The lowest BCUT2D eigenvalue weighted by Gasteiger charge is -2.22. The molecule has 2 unspecified atom stereocenters. The van der Waals surface area contributed by atoms with Crippen LogP contribution >= 0.6 is 11.6 Å². The number of fused-ring (bicyclic) bond motifs is 2. The Bertz CT molecular complexity index is 991. The molecule has 0 radical (unpaired) electrons. The quantitative estimate of drug-likeness (QED) is 0.577. The molecule has 2 aliphatic heterocycles. The van der Waals surface area contributed by atoms with Crippen LogP contribution in [0, 0.1) is 0 Å². The number of benzene rings is 1. The average Bonchev–Trinajstić information content (AvgIpc) is 3.03. The highest BCUT2D eigenvalue weighted by Crippen LogP contribution is 2.33. The number of methoxy groups -OCH3 is 1. The second-order valence-corrected chi connectivity index (χ2v) is 6.52. The highest BCUT2D eigenvalue weighted by Gasteiger charge is 2.36. The Morgan fingerprint density at radius 2 is 1.84 bits per heavy atom. The van der Waals surface area contributed by atoms with Crippen LogP contribution in [0.3, 0.4) is 0 Å². The Kier molecular flexibility index (Phi) is 3.43. The summed E-state index contributed by atoms with van der Waals surface area (Å²) in [5, 5.41) is -0.357. The highest BCUT2D eigenvalue weighted by molar-refractivity contribution is 6.24. The monoisotopic (exact) mass is 358 g/mol. The number of aliphatic imine (C=N–C) groups is 1. The number of alkyl halides is 1. The van der Waals surface area contributed by atoms with Crippen LogP contribution in [0.5, 0.6) is 0 Å². The van der Waals surface area contributed by atoms with Crippen LogP contribution < -0.4 is 0 Å². The summed E-state index contributed by atoms with van der Waals surface area (Å²) in [7, 11) is 4.86. The number of rotatable bonds is 1. The Balaban J connectivity index is 1.90. The van der Waals surface area contributed by atoms with E-state index in [0.29, 0.717) is 28.4 Å². The van der Waals surface area contributed by atoms with Gasteiger partial charge in [0.1, 0.15) is 11.7 Å². The second-order valence-electron chi connectivity index (χ2n) is 6.02. The molecule has 1 aromatic heterocycles. The van der Waals surface area contributed by atoms with E-state index in [1.807, 2.05) is 11.6 Å². The van der Waals surface area contributed by atoms with Gasteiger partial charge in [0, 0.05) is 20.3 Å². The summed E-state index contributed by atoms with van der Waals surface area (Å²) in [6.45, 7) is 0. The van der Waals surface area contributed by atoms with E-state index in [-0.39, 0.29) is 23.1 Å². The zero-order valence-corrected chi connectivity index (χ0v) is 14.6. The van der Waals surface area contributed by atoms with Crippen molar-refractivity contribution in [2.75, 3.05) is 14.2 Å². The third-order valence-corrected chi connectivity index (χ3v) is 5.07. The van der Waals surface area contributed by atoms with Crippen molar-refractivity contribution in [2.45, 2.75) is 11.3 Å². The fraction of sp³-hybridized carbons (Fsp3) is 0.294. The van der Waals surface area contributed by atoms with Gasteiger partial charge in [-0.05, 0) is 18.2 Å². The number of carbonyl (C=O) groups excluding carboxylic acids is 2. The number of nitrogens with zero attached hydrogens (tertiary/aromatic N) is 4. The Labute approximate surface area is 148 Å². The molecule has 4 rings (SSSR count). The van der Waals surface area contributed by atoms with E-state index in [1.165, 1.54) is 7.05 Å². The molecule has 0 spiro atoms. The maximum Gasteiger partial charge on any atom is 0.261 e. The van der Waals surface area contributed by atoms with Crippen LogP contribution in [-0.4, -0.2) is 51.7 Å². The molecule has 0 saturated carbocycles. The molecule has 0 N–H and O–H groups in total. The zero-order valence-electron chi connectivity index (χ0n) is 13.9. The molecule has 1 aromatic carbocycles. The van der Waals surface area contributed by atoms with Crippen LogP contribution in [0.2, 0.25) is 0 Å². The first kappa shape index (κ1) is 15.8. The van der Waals surface area contributed by atoms with Crippen molar-refractivity contribution >= 4 is 40.3 Å². The van der Waals surface area contributed by atoms with Crippen molar-refractivity contribution in [3.05, 3.63) is 41.4 Å². The number of carbonyl (C=O) groups is 2. The van der Waals surface area contributed by atoms with Gasteiger partial charge in [-0.15, -0.1) is 11.6 Å². The average molecular weight is 359 g/mol. The highest BCUT2D eigenvalue weighted by atomic mass is 35.5. The van der Waals surface area contributed by atoms with Gasteiger partial charge in [-0.3, -0.25) is 14.5 Å². The summed E-state index contributed by atoms with van der Waals surface area (Å²) in [6, 6.07) is 3.36. The summed E-state index contributed by atoms with van der Waals surface area (Å²) < 4.78 is 7.21. The molecule has 2 aromatic rings. The molecule has 25 heavy (non-hydrogen) atoms. The molecule has 2 atom stereocenters. The van der Waals surface area contributed by atoms with E-state index in [9.17, 15) is 9.59 Å². The first-order valence-corrected chi connectivity index (χ1v) is 8.13. The minimum atomic E-state index is -0.357. The van der Waals surface area contributed by atoms with Crippen molar-refractivity contribution in [1.29, 1.82) is 0 Å². The van der Waals surface area contributed by atoms with E-state index >= 15 is 0 Å². The van der Waals surface area contributed by atoms with Crippen molar-refractivity contribution in [3.63, 3.8) is 0 Å². The van der Waals surface area contributed by atoms with Crippen LogP contribution in [0.4, 0.5) is 0 Å². The lowest BCUT2D eigenvalue weighted by molar-refractivity contribution is 0.0693. The van der Waals surface area contributed by atoms with Crippen LogP contribution in [0.25, 0.3) is 11.0 Å². The minimum Gasteiger partial charge on any atom is -0.483 e. The largest absolute Gasteiger partial charge is 0.483 e. The Morgan fingerprint density at radius 3 is 2.52 bits per heavy atom. The van der Waals surface area contributed by atoms with Crippen molar-refractivity contribution in [1.82, 2.24) is 14.5 Å². The van der Waals surface area contributed by atoms with Gasteiger partial charge < -0.3 is 9.30 Å². The number of aryl methyl sites for hydroxylation is 1. The SMILES string of the molecule is COC1=NC=CC(Cl)C1c1nc2cc3c(cc2n1C)C(=O)N(C)C3=O. The molecular formula is C17H15ClN4O3. The number of imidazole rings is 1. The van der Waals surface area contributed by atoms with E-state index in [2.05, 4.69) is 9.98 Å². The minimum absolute atomic E-state index is 0.306. The van der Waals surface area contributed by atoms with Gasteiger partial charge >= 0.3 is 0 Å². The lowest BCUT2D eigenvalue weighted by Crippen LogP contribution is -2.27. The van der Waals surface area contributed by atoms with Gasteiger partial charge in [0.05, 0.1) is 34.6 Å². The topological polar surface area (TPSA) is 76.8 Å². The first-order valence-electron chi connectivity index (χ1n) is 7.69. The van der Waals surface area contributed by atoms with Crippen LogP contribution in [0.15, 0.2) is 29.4 Å². The number of hydrogen-bond donors (Lipinski definition) is 0. The van der Waals surface area contributed by atoms with E-state index in [0.717, 1.165) is 10.4 Å². The van der Waals surface area contributed by atoms with Gasteiger partial charge in [0.15, 0.2) is 5.90 Å². The summed E-state index contributed by atoms with van der Waals surface area (Å²) >= 11 is 6.44. The molecule has 0 aliphatic carbocycles. The van der Waals surface area contributed by atoms with Crippen molar-refractivity contribution in [3.8, 4) is 0 Å². The van der Waals surface area contributed by atoms with Crippen LogP contribution in [0.1, 0.15) is 32.5 Å². The molecule has 0 saturated heterocycles. The standard InChI is InChI=1S/C17H15ClN4O3/c1-21-12-7-9-8(16(23)22(2)17(9)24)6-11(12)20-14(21)13-10(18)4-5-19-15(13)25-3/h4-7,10,13H,1-3H3.